The lowest BCUT2D eigenvalue weighted by molar-refractivity contribution is -0.870. The molecule has 0 saturated heterocycles. The van der Waals surface area contributed by atoms with Gasteiger partial charge in [0.15, 0.2) is 6.10 Å². The fourth-order valence-electron chi connectivity index (χ4n) is 11.1. The smallest absolute Gasteiger partial charge is 0.462 e. The van der Waals surface area contributed by atoms with Crippen molar-refractivity contribution in [1.82, 2.24) is 0 Å². The minimum atomic E-state index is -4.41. The van der Waals surface area contributed by atoms with E-state index in [2.05, 4.69) is 184 Å². The highest BCUT2D eigenvalue weighted by Crippen LogP contribution is 2.43. The van der Waals surface area contributed by atoms with Gasteiger partial charge in [0, 0.05) is 12.8 Å². The number of unbranched alkanes of at least 4 members (excludes halogenated alkanes) is 32. The van der Waals surface area contributed by atoms with Crippen LogP contribution in [0, 0.1) is 0 Å². The first-order valence-electron chi connectivity index (χ1n) is 40.9. The van der Waals surface area contributed by atoms with Gasteiger partial charge in [-0.1, -0.05) is 364 Å². The van der Waals surface area contributed by atoms with E-state index in [1.807, 2.05) is 21.1 Å². The van der Waals surface area contributed by atoms with Gasteiger partial charge in [-0.2, -0.15) is 0 Å². The Labute approximate surface area is 617 Å². The van der Waals surface area contributed by atoms with E-state index in [1.54, 1.807) is 0 Å². The van der Waals surface area contributed by atoms with Crippen LogP contribution in [-0.2, 0) is 32.7 Å². The summed E-state index contributed by atoms with van der Waals surface area (Å²) in [6.45, 7) is 4.22. The minimum Gasteiger partial charge on any atom is -0.462 e. The third kappa shape index (κ3) is 82.3. The lowest BCUT2D eigenvalue weighted by Gasteiger charge is -2.24. The van der Waals surface area contributed by atoms with Gasteiger partial charge in [0.05, 0.1) is 27.7 Å². The van der Waals surface area contributed by atoms with Crippen molar-refractivity contribution in [3.05, 3.63) is 170 Å². The number of carbonyl (C=O) groups is 2. The summed E-state index contributed by atoms with van der Waals surface area (Å²) in [6.07, 6.45) is 119. The zero-order valence-corrected chi connectivity index (χ0v) is 66.0. The van der Waals surface area contributed by atoms with Crippen molar-refractivity contribution in [3.63, 3.8) is 0 Å². The first-order chi connectivity index (χ1) is 49.0. The summed E-state index contributed by atoms with van der Waals surface area (Å²) in [7, 11) is 1.47. The van der Waals surface area contributed by atoms with Gasteiger partial charge < -0.3 is 18.9 Å². The van der Waals surface area contributed by atoms with Gasteiger partial charge >= 0.3 is 19.8 Å². The third-order valence-electron chi connectivity index (χ3n) is 17.2. The molecule has 0 aliphatic rings. The molecule has 0 spiro atoms. The Kier molecular flexibility index (Phi) is 74.9. The first-order valence-corrected chi connectivity index (χ1v) is 42.4. The van der Waals surface area contributed by atoms with Crippen LogP contribution in [0.3, 0.4) is 0 Å². The van der Waals surface area contributed by atoms with Crippen LogP contribution in [0.25, 0.3) is 0 Å². The van der Waals surface area contributed by atoms with Crippen molar-refractivity contribution in [2.75, 3.05) is 47.5 Å². The van der Waals surface area contributed by atoms with Crippen molar-refractivity contribution >= 4 is 19.8 Å². The second kappa shape index (κ2) is 78.5. The molecule has 0 bridgehead atoms. The molecule has 9 nitrogen and oxygen atoms in total. The van der Waals surface area contributed by atoms with Crippen molar-refractivity contribution < 1.29 is 42.1 Å². The molecule has 0 aromatic rings. The van der Waals surface area contributed by atoms with Crippen molar-refractivity contribution in [3.8, 4) is 0 Å². The Bertz CT molecular complexity index is 2300. The van der Waals surface area contributed by atoms with Crippen LogP contribution in [0.15, 0.2) is 170 Å². The van der Waals surface area contributed by atoms with Crippen molar-refractivity contribution in [2.24, 2.45) is 0 Å². The molecule has 2 unspecified atom stereocenters. The number of allylic oxidation sites excluding steroid dienone is 28. The molecule has 0 aromatic heterocycles. The van der Waals surface area contributed by atoms with Crippen LogP contribution in [0.1, 0.15) is 335 Å². The number of hydrogen-bond donors (Lipinski definition) is 1. The summed E-state index contributed by atoms with van der Waals surface area (Å²) >= 11 is 0. The molecule has 2 atom stereocenters. The van der Waals surface area contributed by atoms with E-state index in [-0.39, 0.29) is 32.0 Å². The molecule has 0 aliphatic carbocycles. The lowest BCUT2D eigenvalue weighted by atomic mass is 10.0. The number of likely N-dealkylation sites (N-methyl/N-ethyl adjacent to an activating group) is 1. The Morgan fingerprint density at radius 1 is 0.310 bits per heavy atom. The molecule has 0 heterocycles. The second-order valence-electron chi connectivity index (χ2n) is 28.0. The maximum absolute atomic E-state index is 12.9. The molecule has 0 aromatic carbocycles. The average Bonchev–Trinajstić information content (AvgIpc) is 1.65. The number of nitrogens with zero attached hydrogens (tertiary/aromatic N) is 1. The number of carbonyl (C=O) groups excluding carboxylic acids is 2. The van der Waals surface area contributed by atoms with Gasteiger partial charge in [0.2, 0.25) is 0 Å². The molecule has 0 amide bonds. The fourth-order valence-corrected chi connectivity index (χ4v) is 11.8. The zero-order chi connectivity index (χ0) is 72.5. The highest BCUT2D eigenvalue weighted by atomic mass is 31.2. The van der Waals surface area contributed by atoms with Crippen molar-refractivity contribution in [2.45, 2.75) is 341 Å². The standard InChI is InChI=1S/C90H152NO8P/c1-6-8-10-12-14-16-18-20-22-24-26-28-30-32-34-36-38-40-42-43-44-45-46-47-49-50-52-54-56-58-60-62-64-66-68-70-72-74-76-78-80-82-89(92)96-86-88(87-98-100(94,95)97-85-84-91(3,4)5)99-90(93)83-81-79-77-75-73-71-69-67-65-63-61-59-57-55-53-51-48-41-39-37-35-33-31-29-27-25-23-21-19-17-15-13-11-9-7-2/h8-11,14-17,20-23,26-29,32-35,38-41,51,53,57,59,88H,6-7,12-13,18-19,24-25,30-31,36-37,42-50,52,54-56,58,60-87H2,1-5H3/p+1/b10-8-,11-9-,16-14-,17-15-,22-20-,23-21-,28-26-,29-27-,34-32-,35-33-,40-38-,41-39-,53-51-,59-57-. The quantitative estimate of drug-likeness (QED) is 0.0211. The lowest BCUT2D eigenvalue weighted by Crippen LogP contribution is -2.37. The molecule has 0 fully saturated rings. The number of phosphoric acid groups is 1. The predicted molar refractivity (Wildman–Crippen MR) is 436 cm³/mol. The molecule has 570 valence electrons. The zero-order valence-electron chi connectivity index (χ0n) is 65.1. The largest absolute Gasteiger partial charge is 0.472 e. The Hall–Kier alpha value is -4.63. The highest BCUT2D eigenvalue weighted by molar-refractivity contribution is 7.47. The van der Waals surface area contributed by atoms with Gasteiger partial charge in [0.1, 0.15) is 19.8 Å². The van der Waals surface area contributed by atoms with Crippen LogP contribution in [0.4, 0.5) is 0 Å². The number of phosphoric ester groups is 1. The monoisotopic (exact) mass is 1410 g/mol. The van der Waals surface area contributed by atoms with Crippen LogP contribution in [0.2, 0.25) is 0 Å². The number of ether oxygens (including phenoxy) is 2. The Morgan fingerprint density at radius 3 is 0.800 bits per heavy atom. The van der Waals surface area contributed by atoms with Gasteiger partial charge in [-0.05, 0) is 128 Å². The van der Waals surface area contributed by atoms with Crippen molar-refractivity contribution in [1.29, 1.82) is 0 Å². The number of esters is 2. The van der Waals surface area contributed by atoms with Crippen LogP contribution >= 0.6 is 7.82 Å². The Morgan fingerprint density at radius 2 is 0.540 bits per heavy atom. The summed E-state index contributed by atoms with van der Waals surface area (Å²) in [5.74, 6) is -0.798. The highest BCUT2D eigenvalue weighted by Gasteiger charge is 2.27. The van der Waals surface area contributed by atoms with Gasteiger partial charge in [-0.15, -0.1) is 0 Å². The van der Waals surface area contributed by atoms with Gasteiger partial charge in [-0.25, -0.2) is 4.57 Å². The summed E-state index contributed by atoms with van der Waals surface area (Å²) in [6, 6.07) is 0. The summed E-state index contributed by atoms with van der Waals surface area (Å²) < 4.78 is 34.8. The Balaban J connectivity index is 3.98. The molecule has 10 heteroatoms. The number of rotatable bonds is 74. The normalized spacial score (nSPS) is 13.9. The van der Waals surface area contributed by atoms with E-state index < -0.39 is 26.5 Å². The second-order valence-corrected chi connectivity index (χ2v) is 29.5. The molecule has 1 N–H and O–H groups in total. The van der Waals surface area contributed by atoms with E-state index in [0.717, 1.165) is 135 Å². The molecule has 0 radical (unpaired) electrons. The molecular weight excluding hydrogens is 1250 g/mol. The molecule has 0 aliphatic heterocycles. The average molecular weight is 1410 g/mol. The maximum atomic E-state index is 12.9. The van der Waals surface area contributed by atoms with Crippen LogP contribution in [-0.4, -0.2) is 74.9 Å². The predicted octanol–water partition coefficient (Wildman–Crippen LogP) is 27.6. The molecule has 0 rings (SSSR count). The fraction of sp³-hybridized carbons (Fsp3) is 0.667. The maximum Gasteiger partial charge on any atom is 0.472 e. The summed E-state index contributed by atoms with van der Waals surface area (Å²) in [5.41, 5.74) is 0. The summed E-state index contributed by atoms with van der Waals surface area (Å²) in [4.78, 5) is 36.0. The molecular formula is C90H153NO8P+. The van der Waals surface area contributed by atoms with E-state index in [4.69, 9.17) is 18.5 Å². The van der Waals surface area contributed by atoms with E-state index >= 15 is 0 Å². The first kappa shape index (κ1) is 95.4. The van der Waals surface area contributed by atoms with Gasteiger partial charge in [0.25, 0.3) is 0 Å². The van der Waals surface area contributed by atoms with E-state index in [9.17, 15) is 19.0 Å². The molecule has 100 heavy (non-hydrogen) atoms. The summed E-state index contributed by atoms with van der Waals surface area (Å²) in [5, 5.41) is 0. The van der Waals surface area contributed by atoms with E-state index in [0.29, 0.717) is 17.4 Å². The van der Waals surface area contributed by atoms with Crippen LogP contribution < -0.4 is 0 Å². The minimum absolute atomic E-state index is 0.0253. The molecule has 0 saturated carbocycles. The SMILES string of the molecule is CC/C=C\C/C=C\C/C=C\C/C=C\C/C=C\C/C=C\C/C=C\C/C=C\CCCCCCCCCCCCC(=O)OC(COC(=O)CCCCCCCCCCCCCCCCCCCCCCCC/C=C\C/C=C\C/C=C\C/C=C\C/C=C\C/C=C\CC)COP(=O)(O)OCC[N+](C)(C)C. The van der Waals surface area contributed by atoms with Gasteiger partial charge in [-0.3, -0.25) is 18.6 Å². The topological polar surface area (TPSA) is 108 Å². The number of hydrogen-bond acceptors (Lipinski definition) is 7. The third-order valence-corrected chi connectivity index (χ3v) is 18.2. The number of quaternary nitrogens is 1. The van der Waals surface area contributed by atoms with Crippen LogP contribution in [0.5, 0.6) is 0 Å². The van der Waals surface area contributed by atoms with E-state index in [1.165, 1.54) is 167 Å².